The first-order chi connectivity index (χ1) is 10.0. The topological polar surface area (TPSA) is 12.0 Å². The molecule has 21 heavy (non-hydrogen) atoms. The van der Waals surface area contributed by atoms with E-state index in [1.54, 1.807) is 0 Å². The molecule has 0 aromatic heterocycles. The Bertz CT molecular complexity index is 602. The van der Waals surface area contributed by atoms with Crippen molar-refractivity contribution in [2.75, 3.05) is 6.54 Å². The highest BCUT2D eigenvalue weighted by molar-refractivity contribution is 6.31. The highest BCUT2D eigenvalue weighted by Crippen LogP contribution is 2.28. The third kappa shape index (κ3) is 4.09. The summed E-state index contributed by atoms with van der Waals surface area (Å²) in [6, 6.07) is 13.3. The third-order valence-corrected chi connectivity index (χ3v) is 4.33. The van der Waals surface area contributed by atoms with Gasteiger partial charge in [-0.15, -0.1) is 0 Å². The van der Waals surface area contributed by atoms with Crippen LogP contribution in [0.3, 0.4) is 0 Å². The summed E-state index contributed by atoms with van der Waals surface area (Å²) in [5, 5.41) is 4.42. The van der Waals surface area contributed by atoms with Crippen molar-refractivity contribution in [1.29, 1.82) is 0 Å². The van der Waals surface area contributed by atoms with Crippen LogP contribution in [0.1, 0.15) is 40.8 Å². The Labute approximate surface area is 133 Å². The van der Waals surface area contributed by atoms with E-state index in [0.29, 0.717) is 0 Å². The van der Waals surface area contributed by atoms with E-state index in [9.17, 15) is 0 Å². The Morgan fingerprint density at radius 3 is 2.24 bits per heavy atom. The Morgan fingerprint density at radius 1 is 1.00 bits per heavy atom. The van der Waals surface area contributed by atoms with Gasteiger partial charge in [0.2, 0.25) is 0 Å². The van der Waals surface area contributed by atoms with E-state index < -0.39 is 0 Å². The highest BCUT2D eigenvalue weighted by atomic mass is 35.5. The van der Waals surface area contributed by atoms with E-state index in [0.717, 1.165) is 18.0 Å². The third-order valence-electron chi connectivity index (χ3n) is 4.00. The zero-order valence-electron chi connectivity index (χ0n) is 13.3. The molecule has 112 valence electrons. The second-order valence-corrected chi connectivity index (χ2v) is 6.17. The summed E-state index contributed by atoms with van der Waals surface area (Å²) in [4.78, 5) is 0. The van der Waals surface area contributed by atoms with Gasteiger partial charge in [-0.25, -0.2) is 0 Å². The molecule has 0 saturated carbocycles. The van der Waals surface area contributed by atoms with Gasteiger partial charge < -0.3 is 5.32 Å². The SMILES string of the molecule is CCNC(Cc1ccc(C)cc1)c1cc(C)c(C)cc1Cl. The van der Waals surface area contributed by atoms with Crippen molar-refractivity contribution in [1.82, 2.24) is 5.32 Å². The van der Waals surface area contributed by atoms with Gasteiger partial charge in [0.05, 0.1) is 0 Å². The molecule has 0 aliphatic rings. The number of aryl methyl sites for hydroxylation is 3. The average molecular weight is 302 g/mol. The summed E-state index contributed by atoms with van der Waals surface area (Å²) < 4.78 is 0. The van der Waals surface area contributed by atoms with Gasteiger partial charge in [-0.3, -0.25) is 0 Å². The minimum Gasteiger partial charge on any atom is -0.310 e. The van der Waals surface area contributed by atoms with Crippen LogP contribution in [0.15, 0.2) is 36.4 Å². The molecule has 0 bridgehead atoms. The number of hydrogen-bond acceptors (Lipinski definition) is 1. The maximum Gasteiger partial charge on any atom is 0.0456 e. The summed E-state index contributed by atoms with van der Waals surface area (Å²) in [6.45, 7) is 9.43. The van der Waals surface area contributed by atoms with E-state index in [1.165, 1.54) is 27.8 Å². The molecule has 2 rings (SSSR count). The fraction of sp³-hybridized carbons (Fsp3) is 0.368. The molecule has 1 atom stereocenters. The van der Waals surface area contributed by atoms with Crippen LogP contribution in [0, 0.1) is 20.8 Å². The van der Waals surface area contributed by atoms with E-state index in [2.05, 4.69) is 69.4 Å². The van der Waals surface area contributed by atoms with Crippen LogP contribution in [-0.4, -0.2) is 6.54 Å². The van der Waals surface area contributed by atoms with E-state index >= 15 is 0 Å². The Balaban J connectivity index is 2.30. The van der Waals surface area contributed by atoms with Crippen LogP contribution in [0.4, 0.5) is 0 Å². The fourth-order valence-corrected chi connectivity index (χ4v) is 2.92. The smallest absolute Gasteiger partial charge is 0.0456 e. The maximum absolute atomic E-state index is 6.48. The van der Waals surface area contributed by atoms with Gasteiger partial charge in [0.1, 0.15) is 0 Å². The second-order valence-electron chi connectivity index (χ2n) is 5.76. The number of benzene rings is 2. The normalized spacial score (nSPS) is 12.4. The van der Waals surface area contributed by atoms with Crippen LogP contribution in [0.25, 0.3) is 0 Å². The Hall–Kier alpha value is -1.31. The number of nitrogens with one attached hydrogen (secondary N) is 1. The summed E-state index contributed by atoms with van der Waals surface area (Å²) in [7, 11) is 0. The highest BCUT2D eigenvalue weighted by Gasteiger charge is 2.15. The molecule has 2 heteroatoms. The first-order valence-corrected chi connectivity index (χ1v) is 7.94. The zero-order chi connectivity index (χ0) is 15.4. The van der Waals surface area contributed by atoms with Crippen molar-refractivity contribution in [2.45, 2.75) is 40.2 Å². The lowest BCUT2D eigenvalue weighted by Crippen LogP contribution is -2.23. The van der Waals surface area contributed by atoms with Gasteiger partial charge in [0, 0.05) is 11.1 Å². The van der Waals surface area contributed by atoms with Crippen LogP contribution >= 0.6 is 11.6 Å². The number of rotatable bonds is 5. The molecule has 1 N–H and O–H groups in total. The molecule has 0 fully saturated rings. The van der Waals surface area contributed by atoms with E-state index in [-0.39, 0.29) is 6.04 Å². The molecular weight excluding hydrogens is 278 g/mol. The Kier molecular flexibility index (Phi) is 5.44. The molecule has 0 saturated heterocycles. The molecule has 0 heterocycles. The van der Waals surface area contributed by atoms with E-state index in [4.69, 9.17) is 11.6 Å². The van der Waals surface area contributed by atoms with Gasteiger partial charge in [-0.1, -0.05) is 54.4 Å². The van der Waals surface area contributed by atoms with Crippen molar-refractivity contribution in [3.8, 4) is 0 Å². The quantitative estimate of drug-likeness (QED) is 0.804. The van der Waals surface area contributed by atoms with Gasteiger partial charge >= 0.3 is 0 Å². The van der Waals surface area contributed by atoms with Crippen molar-refractivity contribution in [2.24, 2.45) is 0 Å². The lowest BCUT2D eigenvalue weighted by atomic mass is 9.95. The Morgan fingerprint density at radius 2 is 1.62 bits per heavy atom. The summed E-state index contributed by atoms with van der Waals surface area (Å²) >= 11 is 6.48. The predicted octanol–water partition coefficient (Wildman–Crippen LogP) is 5.16. The molecule has 0 amide bonds. The van der Waals surface area contributed by atoms with Crippen LogP contribution in [-0.2, 0) is 6.42 Å². The number of likely N-dealkylation sites (N-methyl/N-ethyl adjacent to an activating group) is 1. The summed E-state index contributed by atoms with van der Waals surface area (Å²) in [6.07, 6.45) is 0.955. The van der Waals surface area contributed by atoms with Crippen LogP contribution in [0.2, 0.25) is 5.02 Å². The average Bonchev–Trinajstić information content (AvgIpc) is 2.45. The van der Waals surface area contributed by atoms with Crippen LogP contribution < -0.4 is 5.32 Å². The molecule has 0 spiro atoms. The lowest BCUT2D eigenvalue weighted by molar-refractivity contribution is 0.549. The molecule has 2 aromatic rings. The van der Waals surface area contributed by atoms with Gasteiger partial charge in [0.15, 0.2) is 0 Å². The van der Waals surface area contributed by atoms with Crippen LogP contribution in [0.5, 0.6) is 0 Å². The zero-order valence-corrected chi connectivity index (χ0v) is 14.1. The van der Waals surface area contributed by atoms with Crippen molar-refractivity contribution in [3.05, 3.63) is 69.2 Å². The first kappa shape index (κ1) is 16.1. The minimum atomic E-state index is 0.254. The molecule has 1 unspecified atom stereocenters. The predicted molar refractivity (Wildman–Crippen MR) is 92.2 cm³/mol. The van der Waals surface area contributed by atoms with Crippen molar-refractivity contribution < 1.29 is 0 Å². The molecule has 1 nitrogen and oxygen atoms in total. The fourth-order valence-electron chi connectivity index (χ4n) is 2.57. The molecular formula is C19H24ClN. The maximum atomic E-state index is 6.48. The number of hydrogen-bond donors (Lipinski definition) is 1. The van der Waals surface area contributed by atoms with E-state index in [1.807, 2.05) is 0 Å². The largest absolute Gasteiger partial charge is 0.310 e. The summed E-state index contributed by atoms with van der Waals surface area (Å²) in [5.74, 6) is 0. The van der Waals surface area contributed by atoms with Gasteiger partial charge in [0.25, 0.3) is 0 Å². The molecule has 0 radical (unpaired) electrons. The van der Waals surface area contributed by atoms with Gasteiger partial charge in [-0.2, -0.15) is 0 Å². The molecule has 2 aromatic carbocycles. The molecule has 0 aliphatic carbocycles. The summed E-state index contributed by atoms with van der Waals surface area (Å²) in [5.41, 5.74) is 6.36. The standard InChI is InChI=1S/C19H24ClN/c1-5-21-19(12-16-8-6-13(2)7-9-16)17-10-14(3)15(4)11-18(17)20/h6-11,19,21H,5,12H2,1-4H3. The second kappa shape index (κ2) is 7.11. The minimum absolute atomic E-state index is 0.254. The van der Waals surface area contributed by atoms with Crippen molar-refractivity contribution >= 4 is 11.6 Å². The molecule has 0 aliphatic heterocycles. The number of halogens is 1. The first-order valence-electron chi connectivity index (χ1n) is 7.56. The monoisotopic (exact) mass is 301 g/mol. The lowest BCUT2D eigenvalue weighted by Gasteiger charge is -2.21. The van der Waals surface area contributed by atoms with Crippen molar-refractivity contribution in [3.63, 3.8) is 0 Å². The van der Waals surface area contributed by atoms with Gasteiger partial charge in [-0.05, 0) is 62.1 Å².